The molecule has 1 saturated heterocycles. The largest absolute Gasteiger partial charge is 0.490 e. The molecule has 3 aromatic rings. The van der Waals surface area contributed by atoms with E-state index in [1.165, 1.54) is 10.5 Å². The van der Waals surface area contributed by atoms with Crippen molar-refractivity contribution in [3.8, 4) is 11.5 Å². The van der Waals surface area contributed by atoms with E-state index >= 15 is 0 Å². The number of amides is 2. The molecule has 0 aromatic heterocycles. The van der Waals surface area contributed by atoms with Gasteiger partial charge in [-0.05, 0) is 70.8 Å². The van der Waals surface area contributed by atoms with Crippen molar-refractivity contribution in [3.05, 3.63) is 96.8 Å². The predicted octanol–water partition coefficient (Wildman–Crippen LogP) is 8.75. The van der Waals surface area contributed by atoms with Crippen LogP contribution in [-0.4, -0.2) is 29.3 Å². The van der Waals surface area contributed by atoms with Crippen LogP contribution in [0.4, 0.5) is 4.79 Å². The number of thioether (sulfide) groups is 1. The first-order valence-corrected chi connectivity index (χ1v) is 14.2. The normalized spacial score (nSPS) is 14.9. The molecule has 5 nitrogen and oxygen atoms in total. The zero-order valence-corrected chi connectivity index (χ0v) is 25.0. The first kappa shape index (κ1) is 28.6. The topological polar surface area (TPSA) is 55.8 Å². The van der Waals surface area contributed by atoms with Crippen molar-refractivity contribution in [1.82, 2.24) is 4.90 Å². The molecule has 2 amide bonds. The zero-order valence-electron chi connectivity index (χ0n) is 21.1. The van der Waals surface area contributed by atoms with Crippen molar-refractivity contribution >= 4 is 68.1 Å². The lowest BCUT2D eigenvalue weighted by Crippen LogP contribution is -2.27. The predicted molar refractivity (Wildman–Crippen MR) is 158 cm³/mol. The molecule has 9 heteroatoms. The van der Waals surface area contributed by atoms with Gasteiger partial charge >= 0.3 is 0 Å². The van der Waals surface area contributed by atoms with E-state index in [2.05, 4.69) is 48.8 Å². The molecule has 0 saturated carbocycles. The standard InChI is InChI=1S/C29H26BrCl2NO4S/c1-29(2,3)20-6-10-23(11-7-20)36-12-13-37-25-15-21(30)8-4-18(25)14-26-27(34)33(28(35)38-26)17-19-5-9-22(31)16-24(19)32/h4-11,14-16H,12-13,17H2,1-3H3/b26-14-. The number of halogens is 3. The van der Waals surface area contributed by atoms with Crippen LogP contribution in [0, 0.1) is 0 Å². The molecular weight excluding hydrogens is 609 g/mol. The second-order valence-electron chi connectivity index (χ2n) is 9.66. The van der Waals surface area contributed by atoms with Crippen molar-refractivity contribution in [2.75, 3.05) is 13.2 Å². The van der Waals surface area contributed by atoms with Gasteiger partial charge < -0.3 is 9.47 Å². The number of carbonyl (C=O) groups excluding carboxylic acids is 2. The molecule has 0 unspecified atom stereocenters. The Hall–Kier alpha value is -2.45. The van der Waals surface area contributed by atoms with E-state index in [1.54, 1.807) is 24.3 Å². The van der Waals surface area contributed by atoms with Gasteiger partial charge in [0.15, 0.2) is 0 Å². The van der Waals surface area contributed by atoms with Crippen molar-refractivity contribution in [2.24, 2.45) is 0 Å². The van der Waals surface area contributed by atoms with Crippen molar-refractivity contribution in [3.63, 3.8) is 0 Å². The molecule has 3 aromatic carbocycles. The lowest BCUT2D eigenvalue weighted by molar-refractivity contribution is -0.123. The Morgan fingerprint density at radius 1 is 0.947 bits per heavy atom. The van der Waals surface area contributed by atoms with Crippen LogP contribution in [0.25, 0.3) is 6.08 Å². The number of hydrogen-bond donors (Lipinski definition) is 0. The summed E-state index contributed by atoms with van der Waals surface area (Å²) in [6.45, 7) is 7.22. The Morgan fingerprint density at radius 3 is 2.34 bits per heavy atom. The molecule has 0 aliphatic carbocycles. The van der Waals surface area contributed by atoms with E-state index in [0.29, 0.717) is 45.0 Å². The molecule has 0 spiro atoms. The summed E-state index contributed by atoms with van der Waals surface area (Å²) in [6, 6.07) is 18.5. The van der Waals surface area contributed by atoms with Gasteiger partial charge in [0.25, 0.3) is 11.1 Å². The average molecular weight is 635 g/mol. The number of ether oxygens (including phenoxy) is 2. The van der Waals surface area contributed by atoms with Crippen LogP contribution >= 0.6 is 50.9 Å². The Bertz CT molecular complexity index is 1390. The SMILES string of the molecule is CC(C)(C)c1ccc(OCCOc2cc(Br)ccc2/C=C2\SC(=O)N(Cc3ccc(Cl)cc3Cl)C2=O)cc1. The van der Waals surface area contributed by atoms with Gasteiger partial charge in [-0.1, -0.05) is 84.2 Å². The minimum absolute atomic E-state index is 0.0653. The highest BCUT2D eigenvalue weighted by Crippen LogP contribution is 2.36. The number of carbonyl (C=O) groups is 2. The summed E-state index contributed by atoms with van der Waals surface area (Å²) >= 11 is 16.6. The van der Waals surface area contributed by atoms with E-state index in [0.717, 1.165) is 22.0 Å². The summed E-state index contributed by atoms with van der Waals surface area (Å²) in [4.78, 5) is 27.2. The Kier molecular flexibility index (Phi) is 9.14. The third-order valence-corrected chi connectivity index (χ3v) is 7.80. The van der Waals surface area contributed by atoms with Gasteiger partial charge in [-0.25, -0.2) is 0 Å². The minimum atomic E-state index is -0.387. The quantitative estimate of drug-likeness (QED) is 0.183. The second-order valence-corrected chi connectivity index (χ2v) is 12.4. The van der Waals surface area contributed by atoms with Gasteiger partial charge in [-0.3, -0.25) is 14.5 Å². The summed E-state index contributed by atoms with van der Waals surface area (Å²) < 4.78 is 12.7. The monoisotopic (exact) mass is 633 g/mol. The van der Waals surface area contributed by atoms with Gasteiger partial charge in [0, 0.05) is 20.1 Å². The van der Waals surface area contributed by atoms with Crippen LogP contribution < -0.4 is 9.47 Å². The van der Waals surface area contributed by atoms with Crippen LogP contribution in [0.5, 0.6) is 11.5 Å². The number of hydrogen-bond acceptors (Lipinski definition) is 5. The molecule has 0 radical (unpaired) electrons. The molecule has 0 N–H and O–H groups in total. The lowest BCUT2D eigenvalue weighted by Gasteiger charge is -2.19. The fourth-order valence-electron chi connectivity index (χ4n) is 3.71. The Morgan fingerprint density at radius 2 is 1.66 bits per heavy atom. The van der Waals surface area contributed by atoms with E-state index in [9.17, 15) is 9.59 Å². The highest BCUT2D eigenvalue weighted by Gasteiger charge is 2.35. The maximum absolute atomic E-state index is 13.1. The van der Waals surface area contributed by atoms with Crippen molar-refractivity contribution in [1.29, 1.82) is 0 Å². The Labute approximate surface area is 245 Å². The average Bonchev–Trinajstić information content (AvgIpc) is 3.12. The van der Waals surface area contributed by atoms with Gasteiger partial charge in [0.1, 0.15) is 24.7 Å². The molecule has 1 aliphatic heterocycles. The summed E-state index contributed by atoms with van der Waals surface area (Å²) in [5.41, 5.74) is 2.63. The zero-order chi connectivity index (χ0) is 27.4. The maximum atomic E-state index is 13.1. The highest BCUT2D eigenvalue weighted by molar-refractivity contribution is 9.10. The first-order valence-electron chi connectivity index (χ1n) is 11.9. The molecule has 1 aliphatic rings. The molecule has 0 bridgehead atoms. The molecule has 0 atom stereocenters. The summed E-state index contributed by atoms with van der Waals surface area (Å²) in [7, 11) is 0. The van der Waals surface area contributed by atoms with Gasteiger partial charge in [0.2, 0.25) is 0 Å². The molecular formula is C29H26BrCl2NO4S. The third kappa shape index (κ3) is 7.14. The van der Waals surface area contributed by atoms with Crippen molar-refractivity contribution < 1.29 is 19.1 Å². The molecule has 38 heavy (non-hydrogen) atoms. The number of benzene rings is 3. The minimum Gasteiger partial charge on any atom is -0.490 e. The van der Waals surface area contributed by atoms with Crippen LogP contribution in [-0.2, 0) is 16.8 Å². The van der Waals surface area contributed by atoms with Crippen molar-refractivity contribution in [2.45, 2.75) is 32.7 Å². The van der Waals surface area contributed by atoms with E-state index in [1.807, 2.05) is 30.3 Å². The number of imide groups is 1. The molecule has 1 heterocycles. The van der Waals surface area contributed by atoms with Crippen LogP contribution in [0.2, 0.25) is 10.0 Å². The van der Waals surface area contributed by atoms with E-state index in [4.69, 9.17) is 32.7 Å². The maximum Gasteiger partial charge on any atom is 0.293 e. The molecule has 198 valence electrons. The smallest absolute Gasteiger partial charge is 0.293 e. The number of nitrogens with zero attached hydrogens (tertiary/aromatic N) is 1. The molecule has 4 rings (SSSR count). The van der Waals surface area contributed by atoms with Gasteiger partial charge in [-0.15, -0.1) is 0 Å². The Balaban J connectivity index is 1.41. The fraction of sp³-hybridized carbons (Fsp3) is 0.241. The number of rotatable bonds is 8. The van der Waals surface area contributed by atoms with Gasteiger partial charge in [0.05, 0.1) is 11.4 Å². The second kappa shape index (κ2) is 12.2. The van der Waals surface area contributed by atoms with Crippen LogP contribution in [0.3, 0.4) is 0 Å². The van der Waals surface area contributed by atoms with E-state index < -0.39 is 0 Å². The first-order chi connectivity index (χ1) is 18.0. The van der Waals surface area contributed by atoms with Crippen LogP contribution in [0.1, 0.15) is 37.5 Å². The molecule has 1 fully saturated rings. The summed E-state index contributed by atoms with van der Waals surface area (Å²) in [5.74, 6) is 0.950. The van der Waals surface area contributed by atoms with E-state index in [-0.39, 0.29) is 23.1 Å². The highest BCUT2D eigenvalue weighted by atomic mass is 79.9. The summed E-state index contributed by atoms with van der Waals surface area (Å²) in [5, 5.41) is 0.522. The third-order valence-electron chi connectivity index (χ3n) is 5.81. The summed E-state index contributed by atoms with van der Waals surface area (Å²) in [6.07, 6.45) is 1.67. The fourth-order valence-corrected chi connectivity index (χ4v) is 5.35. The van der Waals surface area contributed by atoms with Crippen LogP contribution in [0.15, 0.2) is 70.0 Å². The lowest BCUT2D eigenvalue weighted by atomic mass is 9.87. The van der Waals surface area contributed by atoms with Gasteiger partial charge in [-0.2, -0.15) is 0 Å².